The molecule has 0 amide bonds. The van der Waals surface area contributed by atoms with E-state index in [1.165, 1.54) is 0 Å². The van der Waals surface area contributed by atoms with Crippen LogP contribution in [0.1, 0.15) is 58.2 Å². The summed E-state index contributed by atoms with van der Waals surface area (Å²) >= 11 is 3.53. The van der Waals surface area contributed by atoms with Gasteiger partial charge in [-0.25, -0.2) is 0 Å². The van der Waals surface area contributed by atoms with Crippen LogP contribution in [0.2, 0.25) is 0 Å². The predicted octanol–water partition coefficient (Wildman–Crippen LogP) is 3.62. The third kappa shape index (κ3) is 2.43. The second kappa shape index (κ2) is 4.73. The minimum absolute atomic E-state index is 0.277. The molecule has 0 aromatic carbocycles. The number of aliphatic hydroxyl groups is 1. The molecule has 17 heavy (non-hydrogen) atoms. The Morgan fingerprint density at radius 3 is 2.59 bits per heavy atom. The molecule has 1 N–H and O–H groups in total. The molecule has 0 radical (unpaired) electrons. The number of hydrogen-bond donors (Lipinski definition) is 1. The fraction of sp³-hybridized carbons (Fsp3) is 0.769. The number of aromatic nitrogens is 2. The fourth-order valence-electron chi connectivity index (χ4n) is 2.64. The van der Waals surface area contributed by atoms with Crippen LogP contribution in [0.15, 0.2) is 10.7 Å². The van der Waals surface area contributed by atoms with Gasteiger partial charge < -0.3 is 5.11 Å². The SMILES string of the molecule is CC1CCC(O)(c2c(Br)cnn2C(C)C)CC1. The Morgan fingerprint density at radius 2 is 2.06 bits per heavy atom. The van der Waals surface area contributed by atoms with E-state index in [-0.39, 0.29) is 6.04 Å². The number of rotatable bonds is 2. The van der Waals surface area contributed by atoms with Gasteiger partial charge in [0.2, 0.25) is 0 Å². The van der Waals surface area contributed by atoms with Gasteiger partial charge in [-0.15, -0.1) is 0 Å². The van der Waals surface area contributed by atoms with Gasteiger partial charge in [0, 0.05) is 6.04 Å². The van der Waals surface area contributed by atoms with Gasteiger partial charge in [0.15, 0.2) is 0 Å². The molecule has 1 heterocycles. The molecule has 1 aromatic heterocycles. The first kappa shape index (κ1) is 13.1. The van der Waals surface area contributed by atoms with Crippen molar-refractivity contribution in [1.82, 2.24) is 9.78 Å². The molecular formula is C13H21BrN2O. The van der Waals surface area contributed by atoms with Gasteiger partial charge in [-0.3, -0.25) is 4.68 Å². The van der Waals surface area contributed by atoms with E-state index in [1.54, 1.807) is 6.20 Å². The Morgan fingerprint density at radius 1 is 1.47 bits per heavy atom. The highest BCUT2D eigenvalue weighted by Gasteiger charge is 2.38. The molecule has 0 spiro atoms. The summed E-state index contributed by atoms with van der Waals surface area (Å²) in [5.74, 6) is 0.726. The summed E-state index contributed by atoms with van der Waals surface area (Å²) in [6.07, 6.45) is 5.65. The molecule has 1 saturated carbocycles. The molecule has 2 rings (SSSR count). The van der Waals surface area contributed by atoms with Gasteiger partial charge in [0.25, 0.3) is 0 Å². The van der Waals surface area contributed by atoms with Crippen LogP contribution in [0, 0.1) is 5.92 Å². The van der Waals surface area contributed by atoms with Crippen molar-refractivity contribution < 1.29 is 5.11 Å². The third-order valence-corrected chi connectivity index (χ3v) is 4.36. The Hall–Kier alpha value is -0.350. The zero-order chi connectivity index (χ0) is 12.6. The molecule has 1 aromatic rings. The number of nitrogens with zero attached hydrogens (tertiary/aromatic N) is 2. The van der Waals surface area contributed by atoms with E-state index in [0.717, 1.165) is 41.8 Å². The second-order valence-corrected chi connectivity index (χ2v) is 6.45. The van der Waals surface area contributed by atoms with Crippen LogP contribution in [0.4, 0.5) is 0 Å². The number of halogens is 1. The molecule has 4 heteroatoms. The zero-order valence-electron chi connectivity index (χ0n) is 10.8. The van der Waals surface area contributed by atoms with Gasteiger partial charge in [-0.05, 0) is 61.4 Å². The maximum absolute atomic E-state index is 10.9. The van der Waals surface area contributed by atoms with Crippen LogP contribution in [-0.4, -0.2) is 14.9 Å². The van der Waals surface area contributed by atoms with Crippen molar-refractivity contribution in [2.24, 2.45) is 5.92 Å². The normalized spacial score (nSPS) is 29.9. The van der Waals surface area contributed by atoms with Crippen LogP contribution in [0.3, 0.4) is 0 Å². The van der Waals surface area contributed by atoms with Crippen molar-refractivity contribution in [2.75, 3.05) is 0 Å². The van der Waals surface area contributed by atoms with Crippen molar-refractivity contribution >= 4 is 15.9 Å². The van der Waals surface area contributed by atoms with Gasteiger partial charge in [-0.1, -0.05) is 6.92 Å². The fourth-order valence-corrected chi connectivity index (χ4v) is 3.29. The molecule has 1 fully saturated rings. The summed E-state index contributed by atoms with van der Waals surface area (Å²) in [5, 5.41) is 15.2. The van der Waals surface area contributed by atoms with Crippen molar-refractivity contribution in [3.05, 3.63) is 16.4 Å². The highest BCUT2D eigenvalue weighted by molar-refractivity contribution is 9.10. The zero-order valence-corrected chi connectivity index (χ0v) is 12.4. The lowest BCUT2D eigenvalue weighted by Crippen LogP contribution is -2.34. The summed E-state index contributed by atoms with van der Waals surface area (Å²) in [7, 11) is 0. The number of hydrogen-bond acceptors (Lipinski definition) is 2. The first-order valence-electron chi connectivity index (χ1n) is 6.40. The average molecular weight is 301 g/mol. The van der Waals surface area contributed by atoms with E-state index in [9.17, 15) is 5.11 Å². The minimum Gasteiger partial charge on any atom is -0.384 e. The lowest BCUT2D eigenvalue weighted by atomic mass is 9.78. The molecule has 1 aliphatic carbocycles. The largest absolute Gasteiger partial charge is 0.384 e. The summed E-state index contributed by atoms with van der Waals surface area (Å²) in [6, 6.07) is 0.277. The van der Waals surface area contributed by atoms with Gasteiger partial charge in [0.05, 0.1) is 16.4 Å². The summed E-state index contributed by atoms with van der Waals surface area (Å²) in [4.78, 5) is 0. The van der Waals surface area contributed by atoms with E-state index < -0.39 is 5.60 Å². The van der Waals surface area contributed by atoms with Gasteiger partial charge in [0.1, 0.15) is 5.60 Å². The predicted molar refractivity (Wildman–Crippen MR) is 71.8 cm³/mol. The topological polar surface area (TPSA) is 38.1 Å². The van der Waals surface area contributed by atoms with Crippen LogP contribution in [0.25, 0.3) is 0 Å². The van der Waals surface area contributed by atoms with Crippen LogP contribution in [0.5, 0.6) is 0 Å². The second-order valence-electron chi connectivity index (χ2n) is 5.59. The summed E-state index contributed by atoms with van der Waals surface area (Å²) in [5.41, 5.74) is 0.256. The van der Waals surface area contributed by atoms with Crippen molar-refractivity contribution in [3.8, 4) is 0 Å². The van der Waals surface area contributed by atoms with Gasteiger partial charge in [-0.2, -0.15) is 5.10 Å². The highest BCUT2D eigenvalue weighted by atomic mass is 79.9. The van der Waals surface area contributed by atoms with E-state index in [0.29, 0.717) is 0 Å². The standard InChI is InChI=1S/C13H21BrN2O/c1-9(2)16-12(11(14)8-15-16)13(17)6-4-10(3)5-7-13/h8-10,17H,4-7H2,1-3H3. The molecule has 0 saturated heterocycles. The lowest BCUT2D eigenvalue weighted by molar-refractivity contribution is -0.0211. The Bertz CT molecular complexity index is 392. The Kier molecular flexibility index (Phi) is 3.64. The summed E-state index contributed by atoms with van der Waals surface area (Å²) < 4.78 is 2.88. The van der Waals surface area contributed by atoms with Crippen molar-refractivity contribution in [3.63, 3.8) is 0 Å². The molecule has 3 nitrogen and oxygen atoms in total. The Balaban J connectivity index is 2.35. The monoisotopic (exact) mass is 300 g/mol. The van der Waals surface area contributed by atoms with Crippen molar-refractivity contribution in [2.45, 2.75) is 58.1 Å². The molecule has 1 aliphatic rings. The van der Waals surface area contributed by atoms with Crippen molar-refractivity contribution in [1.29, 1.82) is 0 Å². The highest BCUT2D eigenvalue weighted by Crippen LogP contribution is 2.42. The molecule has 0 atom stereocenters. The molecule has 0 bridgehead atoms. The van der Waals surface area contributed by atoms with E-state index in [4.69, 9.17) is 0 Å². The smallest absolute Gasteiger partial charge is 0.107 e. The maximum atomic E-state index is 10.9. The molecular weight excluding hydrogens is 280 g/mol. The van der Waals surface area contributed by atoms with Crippen LogP contribution < -0.4 is 0 Å². The third-order valence-electron chi connectivity index (χ3n) is 3.78. The molecule has 96 valence electrons. The molecule has 0 unspecified atom stereocenters. The van der Waals surface area contributed by atoms with E-state index in [2.05, 4.69) is 41.8 Å². The van der Waals surface area contributed by atoms with E-state index in [1.807, 2.05) is 4.68 Å². The minimum atomic E-state index is -0.702. The maximum Gasteiger partial charge on any atom is 0.107 e. The van der Waals surface area contributed by atoms with Crippen LogP contribution >= 0.6 is 15.9 Å². The molecule has 0 aliphatic heterocycles. The average Bonchev–Trinajstić information content (AvgIpc) is 2.66. The van der Waals surface area contributed by atoms with Gasteiger partial charge >= 0.3 is 0 Å². The quantitative estimate of drug-likeness (QED) is 0.906. The first-order valence-corrected chi connectivity index (χ1v) is 7.19. The first-order chi connectivity index (χ1) is 7.94. The Labute approximate surface area is 111 Å². The van der Waals surface area contributed by atoms with E-state index >= 15 is 0 Å². The lowest BCUT2D eigenvalue weighted by Gasteiger charge is -2.36. The summed E-state index contributed by atoms with van der Waals surface area (Å²) in [6.45, 7) is 6.45. The van der Waals surface area contributed by atoms with Crippen LogP contribution in [-0.2, 0) is 5.60 Å².